The fourth-order valence-corrected chi connectivity index (χ4v) is 7.46. The number of carbonyl (C=O) groups excluding carboxylic acids is 3. The van der Waals surface area contributed by atoms with E-state index >= 15 is 0 Å². The van der Waals surface area contributed by atoms with E-state index in [0.717, 1.165) is 30.5 Å². The average Bonchev–Trinajstić information content (AvgIpc) is 2.97. The third-order valence-electron chi connectivity index (χ3n) is 9.58. The number of likely N-dealkylation sites (N-methyl/N-ethyl adjacent to an activating group) is 1. The van der Waals surface area contributed by atoms with Crippen LogP contribution in [0.2, 0.25) is 0 Å². The SMILES string of the molecule is CCNC(C)CCc1ccc(OC)c(-c2ccc(O)c3c2C[C@H]2C[C@H]4C(N(C)C)C(O)=C(C(N)=O)C(=O)[C@@]4(O)C(O)=C2C3=O)c1. The Labute approximate surface area is 262 Å². The molecule has 0 radical (unpaired) electrons. The molecule has 7 N–H and O–H groups in total. The number of aryl methyl sites for hydroxylation is 1. The van der Waals surface area contributed by atoms with Crippen LogP contribution >= 0.6 is 0 Å². The van der Waals surface area contributed by atoms with Crippen molar-refractivity contribution < 1.29 is 39.5 Å². The summed E-state index contributed by atoms with van der Waals surface area (Å²) in [5.74, 6) is -6.23. The highest BCUT2D eigenvalue weighted by Crippen LogP contribution is 2.53. The summed E-state index contributed by atoms with van der Waals surface area (Å²) in [6, 6.07) is 8.32. The summed E-state index contributed by atoms with van der Waals surface area (Å²) in [5.41, 5.74) is 4.70. The van der Waals surface area contributed by atoms with Gasteiger partial charge in [-0.15, -0.1) is 0 Å². The molecule has 0 heterocycles. The minimum Gasteiger partial charge on any atom is -0.510 e. The average molecular weight is 620 g/mol. The highest BCUT2D eigenvalue weighted by Gasteiger charge is 2.63. The van der Waals surface area contributed by atoms with Gasteiger partial charge in [0, 0.05) is 23.1 Å². The number of allylic oxidation sites excluding steroid dienone is 1. The lowest BCUT2D eigenvalue weighted by molar-refractivity contribution is -0.148. The lowest BCUT2D eigenvalue weighted by atomic mass is 9.58. The van der Waals surface area contributed by atoms with Gasteiger partial charge in [0.25, 0.3) is 5.91 Å². The molecule has 0 saturated carbocycles. The van der Waals surface area contributed by atoms with E-state index in [1.165, 1.54) is 11.0 Å². The molecule has 5 rings (SSSR count). The van der Waals surface area contributed by atoms with Crippen LogP contribution in [0.3, 0.4) is 0 Å². The first-order valence-corrected chi connectivity index (χ1v) is 15.2. The number of aromatic hydroxyl groups is 1. The zero-order valence-electron chi connectivity index (χ0n) is 26.2. The number of nitrogens with zero attached hydrogens (tertiary/aromatic N) is 1. The Hall–Kier alpha value is -4.19. The molecule has 0 aromatic heterocycles. The summed E-state index contributed by atoms with van der Waals surface area (Å²) in [6.07, 6.45) is 1.91. The van der Waals surface area contributed by atoms with Crippen molar-refractivity contribution in [2.75, 3.05) is 27.7 Å². The van der Waals surface area contributed by atoms with Crippen molar-refractivity contribution in [3.05, 3.63) is 69.7 Å². The second-order valence-corrected chi connectivity index (χ2v) is 12.5. The van der Waals surface area contributed by atoms with Gasteiger partial charge >= 0.3 is 0 Å². The van der Waals surface area contributed by atoms with Crippen molar-refractivity contribution in [1.82, 2.24) is 10.2 Å². The van der Waals surface area contributed by atoms with Gasteiger partial charge in [-0.25, -0.2) is 0 Å². The summed E-state index contributed by atoms with van der Waals surface area (Å²) in [5, 5.41) is 48.8. The number of ether oxygens (including phenoxy) is 1. The molecule has 2 unspecified atom stereocenters. The van der Waals surface area contributed by atoms with Crippen molar-refractivity contribution in [2.24, 2.45) is 17.6 Å². The minimum atomic E-state index is -2.68. The number of nitrogens with two attached hydrogens (primary N) is 1. The molecular formula is C34H41N3O8. The van der Waals surface area contributed by atoms with Crippen molar-refractivity contribution in [3.8, 4) is 22.6 Å². The number of fused-ring (bicyclic) bond motifs is 3. The van der Waals surface area contributed by atoms with Gasteiger partial charge in [0.05, 0.1) is 18.7 Å². The maximum Gasteiger partial charge on any atom is 0.255 e. The fourth-order valence-electron chi connectivity index (χ4n) is 7.46. The van der Waals surface area contributed by atoms with E-state index in [2.05, 4.69) is 19.2 Å². The highest BCUT2D eigenvalue weighted by molar-refractivity contribution is 6.25. The lowest BCUT2D eigenvalue weighted by Crippen LogP contribution is -2.63. The van der Waals surface area contributed by atoms with E-state index in [0.29, 0.717) is 22.9 Å². The summed E-state index contributed by atoms with van der Waals surface area (Å²) in [7, 11) is 4.76. The maximum atomic E-state index is 14.1. The summed E-state index contributed by atoms with van der Waals surface area (Å²) in [4.78, 5) is 41.4. The van der Waals surface area contributed by atoms with Gasteiger partial charge in [-0.1, -0.05) is 19.1 Å². The van der Waals surface area contributed by atoms with Crippen LogP contribution < -0.4 is 15.8 Å². The summed E-state index contributed by atoms with van der Waals surface area (Å²) < 4.78 is 5.71. The Morgan fingerprint density at radius 2 is 1.87 bits per heavy atom. The number of amides is 1. The molecule has 3 aliphatic carbocycles. The Kier molecular flexibility index (Phi) is 8.56. The van der Waals surface area contributed by atoms with Gasteiger partial charge in [0.2, 0.25) is 5.78 Å². The van der Waals surface area contributed by atoms with Crippen LogP contribution in [0.1, 0.15) is 48.2 Å². The van der Waals surface area contributed by atoms with E-state index in [4.69, 9.17) is 10.5 Å². The topological polar surface area (TPSA) is 183 Å². The van der Waals surface area contributed by atoms with E-state index in [1.807, 2.05) is 18.2 Å². The number of ketones is 2. The fraction of sp³-hybridized carbons (Fsp3) is 0.441. The number of Topliss-reactive ketones (excluding diaryl/α,β-unsaturated/α-hetero) is 2. The number of phenolic OH excluding ortho intramolecular Hbond substituents is 1. The van der Waals surface area contributed by atoms with Crippen molar-refractivity contribution in [1.29, 1.82) is 0 Å². The number of aliphatic hydroxyl groups excluding tert-OH is 2. The van der Waals surface area contributed by atoms with Crippen molar-refractivity contribution in [2.45, 2.75) is 57.2 Å². The third kappa shape index (κ3) is 5.08. The molecule has 5 atom stereocenters. The Bertz CT molecular complexity index is 1640. The molecule has 0 bridgehead atoms. The van der Waals surface area contributed by atoms with Crippen LogP contribution in [0.5, 0.6) is 11.5 Å². The Morgan fingerprint density at radius 1 is 1.16 bits per heavy atom. The van der Waals surface area contributed by atoms with E-state index in [-0.39, 0.29) is 29.7 Å². The van der Waals surface area contributed by atoms with Crippen LogP contribution in [0.4, 0.5) is 0 Å². The minimum absolute atomic E-state index is 0.0142. The standard InChI is InChI=1S/C34H41N3O8/c1-6-36-16(2)7-8-17-9-12-24(45-5)20(13-17)19-10-11-23(38)26-21(19)14-18-15-22-28(37(3)4)30(40)27(33(35)43)32(42)34(22,44)31(41)25(18)29(26)39/h9-13,16,18,22,28,36,38,40-41,44H,6-8,14-15H2,1-5H3,(H2,35,43)/t16?,18-,22-,28?,34-/m0/s1. The Morgan fingerprint density at radius 3 is 2.49 bits per heavy atom. The lowest BCUT2D eigenvalue weighted by Gasteiger charge is -2.50. The van der Waals surface area contributed by atoms with Gasteiger partial charge in [0.15, 0.2) is 11.4 Å². The molecule has 0 aliphatic heterocycles. The van der Waals surface area contributed by atoms with E-state index in [1.54, 1.807) is 27.3 Å². The molecule has 1 amide bonds. The predicted molar refractivity (Wildman–Crippen MR) is 167 cm³/mol. The molecule has 240 valence electrons. The molecule has 11 heteroatoms. The monoisotopic (exact) mass is 619 g/mol. The van der Waals surface area contributed by atoms with Crippen LogP contribution in [0, 0.1) is 11.8 Å². The normalized spacial score (nSPS) is 25.2. The van der Waals surface area contributed by atoms with Crippen LogP contribution in [-0.2, 0) is 22.4 Å². The highest BCUT2D eigenvalue weighted by atomic mass is 16.5. The number of carbonyl (C=O) groups is 3. The van der Waals surface area contributed by atoms with Crippen LogP contribution in [-0.4, -0.2) is 88.2 Å². The zero-order chi connectivity index (χ0) is 33.0. The number of nitrogens with one attached hydrogen (secondary N) is 1. The quantitative estimate of drug-likeness (QED) is 0.228. The van der Waals surface area contributed by atoms with Gasteiger partial charge in [-0.3, -0.25) is 19.3 Å². The summed E-state index contributed by atoms with van der Waals surface area (Å²) in [6.45, 7) is 5.07. The zero-order valence-corrected chi connectivity index (χ0v) is 26.2. The summed E-state index contributed by atoms with van der Waals surface area (Å²) >= 11 is 0. The number of hydrogen-bond donors (Lipinski definition) is 6. The van der Waals surface area contributed by atoms with Gasteiger partial charge in [-0.2, -0.15) is 0 Å². The number of primary amides is 1. The smallest absolute Gasteiger partial charge is 0.255 e. The second-order valence-electron chi connectivity index (χ2n) is 12.5. The second kappa shape index (κ2) is 12.0. The van der Waals surface area contributed by atoms with E-state index < -0.39 is 58.0 Å². The molecule has 11 nitrogen and oxygen atoms in total. The molecule has 0 fully saturated rings. The first-order valence-electron chi connectivity index (χ1n) is 15.2. The number of phenols is 1. The van der Waals surface area contributed by atoms with Crippen molar-refractivity contribution in [3.63, 3.8) is 0 Å². The molecule has 0 spiro atoms. The van der Waals surface area contributed by atoms with Crippen LogP contribution in [0.25, 0.3) is 11.1 Å². The van der Waals surface area contributed by atoms with Gasteiger partial charge in [0.1, 0.15) is 28.6 Å². The number of benzene rings is 2. The first-order chi connectivity index (χ1) is 21.3. The molecular weight excluding hydrogens is 578 g/mol. The third-order valence-corrected chi connectivity index (χ3v) is 9.58. The number of hydrogen-bond acceptors (Lipinski definition) is 10. The number of methoxy groups -OCH3 is 1. The molecule has 2 aromatic rings. The van der Waals surface area contributed by atoms with Crippen molar-refractivity contribution >= 4 is 17.5 Å². The largest absolute Gasteiger partial charge is 0.510 e. The van der Waals surface area contributed by atoms with Gasteiger partial charge < -0.3 is 36.2 Å². The van der Waals surface area contributed by atoms with Crippen LogP contribution in [0.15, 0.2) is 53.0 Å². The molecule has 45 heavy (non-hydrogen) atoms. The molecule has 2 aromatic carbocycles. The maximum absolute atomic E-state index is 14.1. The molecule has 3 aliphatic rings. The predicted octanol–water partition coefficient (Wildman–Crippen LogP) is 2.73. The first kappa shape index (κ1) is 32.2. The van der Waals surface area contributed by atoms with Gasteiger partial charge in [-0.05, 0) is 94.1 Å². The van der Waals surface area contributed by atoms with E-state index in [9.17, 15) is 34.8 Å². The number of aliphatic hydroxyl groups is 3. The number of rotatable bonds is 9. The molecule has 0 saturated heterocycles. The Balaban J connectivity index is 1.65.